The first-order valence-corrected chi connectivity index (χ1v) is 7.88. The van der Waals surface area contributed by atoms with E-state index < -0.39 is 0 Å². The minimum absolute atomic E-state index is 0.176. The van der Waals surface area contributed by atoms with Gasteiger partial charge < -0.3 is 4.90 Å². The van der Waals surface area contributed by atoms with Crippen LogP contribution in [0.5, 0.6) is 0 Å². The van der Waals surface area contributed by atoms with E-state index in [9.17, 15) is 4.39 Å². The Morgan fingerprint density at radius 2 is 1.79 bits per heavy atom. The summed E-state index contributed by atoms with van der Waals surface area (Å²) < 4.78 is 13.9. The molecule has 0 radical (unpaired) electrons. The van der Waals surface area contributed by atoms with Crippen molar-refractivity contribution in [3.8, 4) is 0 Å². The summed E-state index contributed by atoms with van der Waals surface area (Å²) in [6, 6.07) is 4.98. The first-order valence-electron chi connectivity index (χ1n) is 7.09. The molecule has 0 amide bonds. The Morgan fingerprint density at radius 3 is 2.42 bits per heavy atom. The Hall–Kier alpha value is -0.450. The van der Waals surface area contributed by atoms with E-state index in [4.69, 9.17) is 0 Å². The zero-order chi connectivity index (χ0) is 13.2. The minimum atomic E-state index is -0.176. The topological polar surface area (TPSA) is 6.48 Å². The first kappa shape index (κ1) is 13.5. The summed E-state index contributed by atoms with van der Waals surface area (Å²) in [4.78, 5) is 5.05. The zero-order valence-electron chi connectivity index (χ0n) is 11.1. The molecule has 2 nitrogen and oxygen atoms in total. The molecule has 1 heterocycles. The van der Waals surface area contributed by atoms with Crippen LogP contribution in [0.2, 0.25) is 0 Å². The summed E-state index contributed by atoms with van der Waals surface area (Å²) >= 11 is 3.45. The van der Waals surface area contributed by atoms with Crippen molar-refractivity contribution in [2.45, 2.75) is 19.4 Å². The summed E-state index contributed by atoms with van der Waals surface area (Å²) in [5, 5.41) is 0. The van der Waals surface area contributed by atoms with Crippen molar-refractivity contribution in [1.29, 1.82) is 0 Å². The third-order valence-electron chi connectivity index (χ3n) is 4.09. The van der Waals surface area contributed by atoms with Crippen LogP contribution in [0.1, 0.15) is 18.4 Å². The lowest BCUT2D eigenvalue weighted by Gasteiger charge is -2.34. The number of hydrogen-bond acceptors (Lipinski definition) is 2. The van der Waals surface area contributed by atoms with Crippen molar-refractivity contribution in [1.82, 2.24) is 9.80 Å². The molecule has 0 N–H and O–H groups in total. The number of rotatable bonds is 4. The fraction of sp³-hybridized carbons (Fsp3) is 0.600. The Labute approximate surface area is 122 Å². The average Bonchev–Trinajstić information content (AvgIpc) is 3.19. The van der Waals surface area contributed by atoms with Gasteiger partial charge in [0.1, 0.15) is 5.82 Å². The average molecular weight is 327 g/mol. The normalized spacial score (nSPS) is 21.8. The van der Waals surface area contributed by atoms with Gasteiger partial charge in [-0.15, -0.1) is 0 Å². The quantitative estimate of drug-likeness (QED) is 0.838. The van der Waals surface area contributed by atoms with Crippen LogP contribution in [0.4, 0.5) is 4.39 Å². The SMILES string of the molecule is Fc1ccc(CN2CCN(CC3CC3)CC2)c(Br)c1. The van der Waals surface area contributed by atoms with Crippen molar-refractivity contribution in [2.24, 2.45) is 5.92 Å². The summed E-state index contributed by atoms with van der Waals surface area (Å²) in [5.41, 5.74) is 1.18. The fourth-order valence-corrected chi connectivity index (χ4v) is 3.16. The largest absolute Gasteiger partial charge is 0.301 e. The predicted octanol–water partition coefficient (Wildman–Crippen LogP) is 3.12. The highest BCUT2D eigenvalue weighted by Gasteiger charge is 2.26. The summed E-state index contributed by atoms with van der Waals surface area (Å²) in [6.45, 7) is 6.81. The van der Waals surface area contributed by atoms with Gasteiger partial charge in [-0.05, 0) is 36.5 Å². The molecule has 19 heavy (non-hydrogen) atoms. The molecule has 1 saturated carbocycles. The van der Waals surface area contributed by atoms with E-state index in [-0.39, 0.29) is 5.82 Å². The maximum absolute atomic E-state index is 13.1. The van der Waals surface area contributed by atoms with Crippen molar-refractivity contribution < 1.29 is 4.39 Å². The lowest BCUT2D eigenvalue weighted by molar-refractivity contribution is 0.123. The van der Waals surface area contributed by atoms with Crippen molar-refractivity contribution in [2.75, 3.05) is 32.7 Å². The third-order valence-corrected chi connectivity index (χ3v) is 4.83. The van der Waals surface area contributed by atoms with Gasteiger partial charge in [-0.25, -0.2) is 4.39 Å². The fourth-order valence-electron chi connectivity index (χ4n) is 2.69. The first-order chi connectivity index (χ1) is 9.20. The van der Waals surface area contributed by atoms with Crippen molar-refractivity contribution >= 4 is 15.9 Å². The molecule has 0 spiro atoms. The number of piperazine rings is 1. The Bertz CT molecular complexity index is 440. The van der Waals surface area contributed by atoms with E-state index in [2.05, 4.69) is 25.7 Å². The van der Waals surface area contributed by atoms with E-state index in [0.717, 1.165) is 30.0 Å². The molecular weight excluding hydrogens is 307 g/mol. The van der Waals surface area contributed by atoms with E-state index >= 15 is 0 Å². The lowest BCUT2D eigenvalue weighted by atomic mass is 10.2. The molecule has 104 valence electrons. The predicted molar refractivity (Wildman–Crippen MR) is 78.5 cm³/mol. The van der Waals surface area contributed by atoms with E-state index in [1.165, 1.54) is 38.0 Å². The molecule has 0 atom stereocenters. The van der Waals surface area contributed by atoms with Crippen LogP contribution in [0.3, 0.4) is 0 Å². The van der Waals surface area contributed by atoms with E-state index in [1.807, 2.05) is 6.07 Å². The van der Waals surface area contributed by atoms with Gasteiger partial charge in [0.2, 0.25) is 0 Å². The van der Waals surface area contributed by atoms with E-state index in [1.54, 1.807) is 12.1 Å². The monoisotopic (exact) mass is 326 g/mol. The molecule has 1 saturated heterocycles. The van der Waals surface area contributed by atoms with Crippen LogP contribution in [0.15, 0.2) is 22.7 Å². The van der Waals surface area contributed by atoms with Gasteiger partial charge in [-0.3, -0.25) is 4.90 Å². The second-order valence-electron chi connectivity index (χ2n) is 5.76. The molecule has 1 aliphatic carbocycles. The molecule has 0 aromatic heterocycles. The summed E-state index contributed by atoms with van der Waals surface area (Å²) in [6.07, 6.45) is 2.87. The lowest BCUT2D eigenvalue weighted by Crippen LogP contribution is -2.46. The van der Waals surface area contributed by atoms with E-state index in [0.29, 0.717) is 0 Å². The minimum Gasteiger partial charge on any atom is -0.301 e. The molecule has 1 aliphatic heterocycles. The summed E-state index contributed by atoms with van der Waals surface area (Å²) in [7, 11) is 0. The van der Waals surface area contributed by atoms with Gasteiger partial charge >= 0.3 is 0 Å². The molecule has 1 aromatic carbocycles. The summed E-state index contributed by atoms with van der Waals surface area (Å²) in [5.74, 6) is 0.808. The van der Waals surface area contributed by atoms with Crippen LogP contribution < -0.4 is 0 Å². The number of benzene rings is 1. The van der Waals surface area contributed by atoms with Crippen molar-refractivity contribution in [3.63, 3.8) is 0 Å². The molecular formula is C15H20BrFN2. The molecule has 2 fully saturated rings. The van der Waals surface area contributed by atoms with Crippen molar-refractivity contribution in [3.05, 3.63) is 34.1 Å². The molecule has 3 rings (SSSR count). The highest BCUT2D eigenvalue weighted by Crippen LogP contribution is 2.30. The second-order valence-corrected chi connectivity index (χ2v) is 6.61. The molecule has 1 aromatic rings. The smallest absolute Gasteiger partial charge is 0.124 e. The number of hydrogen-bond donors (Lipinski definition) is 0. The molecule has 0 unspecified atom stereocenters. The van der Waals surface area contributed by atoms with Crippen LogP contribution in [-0.2, 0) is 6.54 Å². The van der Waals surface area contributed by atoms with Gasteiger partial charge in [0.25, 0.3) is 0 Å². The molecule has 2 aliphatic rings. The van der Waals surface area contributed by atoms with Crippen LogP contribution >= 0.6 is 15.9 Å². The maximum atomic E-state index is 13.1. The second kappa shape index (κ2) is 5.90. The Morgan fingerprint density at radius 1 is 1.11 bits per heavy atom. The highest BCUT2D eigenvalue weighted by atomic mass is 79.9. The van der Waals surface area contributed by atoms with Gasteiger partial charge in [-0.2, -0.15) is 0 Å². The number of nitrogens with zero attached hydrogens (tertiary/aromatic N) is 2. The van der Waals surface area contributed by atoms with Crippen LogP contribution in [-0.4, -0.2) is 42.5 Å². The van der Waals surface area contributed by atoms with Gasteiger partial charge in [0.05, 0.1) is 0 Å². The number of halogens is 2. The molecule has 0 bridgehead atoms. The zero-order valence-corrected chi connectivity index (χ0v) is 12.7. The van der Waals surface area contributed by atoms with Crippen LogP contribution in [0.25, 0.3) is 0 Å². The highest BCUT2D eigenvalue weighted by molar-refractivity contribution is 9.10. The maximum Gasteiger partial charge on any atom is 0.124 e. The molecule has 4 heteroatoms. The van der Waals surface area contributed by atoms with Gasteiger partial charge in [0.15, 0.2) is 0 Å². The van der Waals surface area contributed by atoms with Gasteiger partial charge in [-0.1, -0.05) is 22.0 Å². The third kappa shape index (κ3) is 3.77. The van der Waals surface area contributed by atoms with Gasteiger partial charge in [0, 0.05) is 43.7 Å². The van der Waals surface area contributed by atoms with Crippen LogP contribution in [0, 0.1) is 11.7 Å². The Balaban J connectivity index is 1.50. The standard InChI is InChI=1S/C15H20BrFN2/c16-15-9-14(17)4-3-13(15)11-19-7-5-18(6-8-19)10-12-1-2-12/h3-4,9,12H,1-2,5-8,10-11H2. The Kier molecular flexibility index (Phi) is 4.20.